The van der Waals surface area contributed by atoms with Crippen LogP contribution in [0.5, 0.6) is 0 Å². The summed E-state index contributed by atoms with van der Waals surface area (Å²) in [6.07, 6.45) is 2.66. The van der Waals surface area contributed by atoms with Crippen molar-refractivity contribution in [3.8, 4) is 0 Å². The number of aliphatic carboxylic acids is 1. The van der Waals surface area contributed by atoms with Crippen molar-refractivity contribution in [2.75, 3.05) is 13.2 Å². The summed E-state index contributed by atoms with van der Waals surface area (Å²) in [7, 11) is 0. The minimum Gasteiger partial charge on any atom is -0.481 e. The zero-order chi connectivity index (χ0) is 12.4. The van der Waals surface area contributed by atoms with E-state index in [4.69, 9.17) is 9.84 Å². The Balaban J connectivity index is 1.72. The molecule has 1 aliphatic heterocycles. The predicted octanol–water partition coefficient (Wildman–Crippen LogP) is 0.638. The summed E-state index contributed by atoms with van der Waals surface area (Å²) in [6.45, 7) is 3.45. The molecule has 5 heteroatoms. The molecule has 2 rings (SSSR count). The Morgan fingerprint density at radius 3 is 2.76 bits per heavy atom. The average molecular weight is 241 g/mol. The van der Waals surface area contributed by atoms with E-state index in [0.29, 0.717) is 18.9 Å². The van der Waals surface area contributed by atoms with Gasteiger partial charge in [0.2, 0.25) is 5.91 Å². The van der Waals surface area contributed by atoms with Crippen LogP contribution in [0.4, 0.5) is 0 Å². The van der Waals surface area contributed by atoms with Gasteiger partial charge in [0.05, 0.1) is 17.9 Å². The number of carboxylic acid groups (broad SMARTS) is 1. The Morgan fingerprint density at radius 2 is 2.18 bits per heavy atom. The van der Waals surface area contributed by atoms with E-state index in [1.165, 1.54) is 0 Å². The van der Waals surface area contributed by atoms with Crippen LogP contribution in [-0.2, 0) is 14.3 Å². The molecule has 2 fully saturated rings. The van der Waals surface area contributed by atoms with Crippen LogP contribution >= 0.6 is 0 Å². The number of rotatable bonds is 5. The normalized spacial score (nSPS) is 35.6. The first-order valence-corrected chi connectivity index (χ1v) is 6.25. The van der Waals surface area contributed by atoms with Gasteiger partial charge in [0.15, 0.2) is 0 Å². The summed E-state index contributed by atoms with van der Waals surface area (Å²) in [5.74, 6) is -1.36. The van der Waals surface area contributed by atoms with Crippen LogP contribution in [0.15, 0.2) is 0 Å². The highest BCUT2D eigenvalue weighted by atomic mass is 16.5. The zero-order valence-corrected chi connectivity index (χ0v) is 10.0. The van der Waals surface area contributed by atoms with Crippen molar-refractivity contribution in [3.63, 3.8) is 0 Å². The summed E-state index contributed by atoms with van der Waals surface area (Å²) < 4.78 is 5.54. The van der Waals surface area contributed by atoms with Crippen LogP contribution in [-0.4, -0.2) is 36.2 Å². The van der Waals surface area contributed by atoms with Crippen LogP contribution in [0.1, 0.15) is 26.2 Å². The van der Waals surface area contributed by atoms with Crippen molar-refractivity contribution >= 4 is 11.9 Å². The van der Waals surface area contributed by atoms with Crippen LogP contribution in [0.2, 0.25) is 0 Å². The lowest BCUT2D eigenvalue weighted by atomic mass is 9.99. The van der Waals surface area contributed by atoms with Crippen molar-refractivity contribution in [2.24, 2.45) is 17.8 Å². The fourth-order valence-electron chi connectivity index (χ4n) is 2.50. The van der Waals surface area contributed by atoms with Gasteiger partial charge in [-0.1, -0.05) is 6.92 Å². The summed E-state index contributed by atoms with van der Waals surface area (Å²) in [4.78, 5) is 22.3. The van der Waals surface area contributed by atoms with Gasteiger partial charge < -0.3 is 15.2 Å². The Labute approximate surface area is 101 Å². The second kappa shape index (κ2) is 5.04. The first-order chi connectivity index (χ1) is 8.13. The van der Waals surface area contributed by atoms with Gasteiger partial charge in [-0.2, -0.15) is 0 Å². The van der Waals surface area contributed by atoms with E-state index in [9.17, 15) is 9.59 Å². The van der Waals surface area contributed by atoms with Gasteiger partial charge in [-0.05, 0) is 19.3 Å². The Morgan fingerprint density at radius 1 is 1.41 bits per heavy atom. The van der Waals surface area contributed by atoms with Crippen molar-refractivity contribution < 1.29 is 19.4 Å². The predicted molar refractivity (Wildman–Crippen MR) is 60.4 cm³/mol. The molecule has 2 N–H and O–H groups in total. The summed E-state index contributed by atoms with van der Waals surface area (Å²) in [5, 5.41) is 11.6. The second-order valence-electron chi connectivity index (χ2n) is 4.90. The SMILES string of the molecule is CCC1OCCC1CNC(=O)[C@@H]1C[C@@H]1C(=O)O. The lowest BCUT2D eigenvalue weighted by molar-refractivity contribution is -0.140. The molecular formula is C12H19NO4. The van der Waals surface area contributed by atoms with Crippen LogP contribution in [0.3, 0.4) is 0 Å². The number of carbonyl (C=O) groups is 2. The van der Waals surface area contributed by atoms with E-state index in [2.05, 4.69) is 12.2 Å². The van der Waals surface area contributed by atoms with Crippen molar-refractivity contribution in [3.05, 3.63) is 0 Å². The Bertz CT molecular complexity index is 318. The molecule has 0 aromatic heterocycles. The first-order valence-electron chi connectivity index (χ1n) is 6.25. The molecule has 0 bridgehead atoms. The third-order valence-corrected chi connectivity index (χ3v) is 3.73. The molecule has 4 atom stereocenters. The van der Waals surface area contributed by atoms with Gasteiger partial charge in [0.1, 0.15) is 0 Å². The highest BCUT2D eigenvalue weighted by Gasteiger charge is 2.48. The number of carboxylic acids is 1. The quantitative estimate of drug-likeness (QED) is 0.740. The van der Waals surface area contributed by atoms with E-state index in [-0.39, 0.29) is 17.9 Å². The van der Waals surface area contributed by atoms with Gasteiger partial charge in [0.25, 0.3) is 0 Å². The number of nitrogens with one attached hydrogen (secondary N) is 1. The summed E-state index contributed by atoms with van der Waals surface area (Å²) in [6, 6.07) is 0. The average Bonchev–Trinajstić information content (AvgIpc) is 2.99. The van der Waals surface area contributed by atoms with Gasteiger partial charge in [-0.15, -0.1) is 0 Å². The van der Waals surface area contributed by atoms with Crippen molar-refractivity contribution in [1.82, 2.24) is 5.32 Å². The molecule has 1 saturated heterocycles. The molecule has 96 valence electrons. The van der Waals surface area contributed by atoms with E-state index in [1.54, 1.807) is 0 Å². The first kappa shape index (κ1) is 12.4. The molecule has 0 radical (unpaired) electrons. The van der Waals surface area contributed by atoms with Gasteiger partial charge in [0, 0.05) is 19.1 Å². The number of carbonyl (C=O) groups excluding carboxylic acids is 1. The maximum Gasteiger partial charge on any atom is 0.307 e. The molecule has 2 aliphatic rings. The highest BCUT2D eigenvalue weighted by molar-refractivity contribution is 5.89. The standard InChI is InChI=1S/C12H19NO4/c1-2-10-7(3-4-17-10)6-13-11(14)8-5-9(8)12(15)16/h7-10H,2-6H2,1H3,(H,13,14)(H,15,16)/t7?,8-,9+,10?/m1/s1. The maximum absolute atomic E-state index is 11.7. The van der Waals surface area contributed by atoms with Crippen molar-refractivity contribution in [1.29, 1.82) is 0 Å². The summed E-state index contributed by atoms with van der Waals surface area (Å²) in [5.41, 5.74) is 0. The minimum atomic E-state index is -0.860. The van der Waals surface area contributed by atoms with Crippen molar-refractivity contribution in [2.45, 2.75) is 32.3 Å². The number of amides is 1. The fraction of sp³-hybridized carbons (Fsp3) is 0.833. The molecule has 0 aromatic rings. The van der Waals surface area contributed by atoms with Crippen LogP contribution < -0.4 is 5.32 Å². The molecule has 0 spiro atoms. The Hall–Kier alpha value is -1.10. The Kier molecular flexibility index (Phi) is 3.66. The molecule has 2 unspecified atom stereocenters. The fourth-order valence-corrected chi connectivity index (χ4v) is 2.50. The topological polar surface area (TPSA) is 75.6 Å². The smallest absolute Gasteiger partial charge is 0.307 e. The van der Waals surface area contributed by atoms with E-state index < -0.39 is 11.9 Å². The maximum atomic E-state index is 11.7. The monoisotopic (exact) mass is 241 g/mol. The highest BCUT2D eigenvalue weighted by Crippen LogP contribution is 2.38. The van der Waals surface area contributed by atoms with E-state index in [0.717, 1.165) is 19.4 Å². The van der Waals surface area contributed by atoms with Gasteiger partial charge >= 0.3 is 5.97 Å². The van der Waals surface area contributed by atoms with Gasteiger partial charge in [-0.3, -0.25) is 9.59 Å². The van der Waals surface area contributed by atoms with E-state index >= 15 is 0 Å². The van der Waals surface area contributed by atoms with Gasteiger partial charge in [-0.25, -0.2) is 0 Å². The third kappa shape index (κ3) is 2.77. The van der Waals surface area contributed by atoms with Crippen LogP contribution in [0, 0.1) is 17.8 Å². The minimum absolute atomic E-state index is 0.112. The molecule has 17 heavy (non-hydrogen) atoms. The molecule has 1 heterocycles. The number of ether oxygens (including phenoxy) is 1. The lowest BCUT2D eigenvalue weighted by Crippen LogP contribution is -2.34. The third-order valence-electron chi connectivity index (χ3n) is 3.73. The molecule has 0 aromatic carbocycles. The summed E-state index contributed by atoms with van der Waals surface area (Å²) >= 11 is 0. The van der Waals surface area contributed by atoms with Crippen LogP contribution in [0.25, 0.3) is 0 Å². The second-order valence-corrected chi connectivity index (χ2v) is 4.90. The molecular weight excluding hydrogens is 222 g/mol. The molecule has 1 aliphatic carbocycles. The van der Waals surface area contributed by atoms with E-state index in [1.807, 2.05) is 0 Å². The molecule has 5 nitrogen and oxygen atoms in total. The molecule has 1 saturated carbocycles. The molecule has 1 amide bonds. The lowest BCUT2D eigenvalue weighted by Gasteiger charge is -2.17. The number of hydrogen-bond donors (Lipinski definition) is 2. The number of hydrogen-bond acceptors (Lipinski definition) is 3. The zero-order valence-electron chi connectivity index (χ0n) is 10.0. The largest absolute Gasteiger partial charge is 0.481 e.